The van der Waals surface area contributed by atoms with Crippen LogP contribution in [0.1, 0.15) is 24.5 Å². The standard InChI is InChI=1S/C19H22N2O2/c1-2-12-11-21-8-6-13(12)9-18(21)19(23)15-5-7-20-17-4-3-14(22)10-16(15)17/h2-5,7,10,12-13,18-19,22-23H,1,6,8-9,11H2/t12-,13?,18?,19?/m1/s1. The van der Waals surface area contributed by atoms with Crippen molar-refractivity contribution in [1.29, 1.82) is 0 Å². The Morgan fingerprint density at radius 2 is 2.22 bits per heavy atom. The lowest BCUT2D eigenvalue weighted by molar-refractivity contribution is -0.0444. The number of hydrogen-bond donors (Lipinski definition) is 2. The van der Waals surface area contributed by atoms with Crippen molar-refractivity contribution in [1.82, 2.24) is 9.88 Å². The van der Waals surface area contributed by atoms with E-state index >= 15 is 0 Å². The lowest BCUT2D eigenvalue weighted by atomic mass is 9.73. The SMILES string of the molecule is C=C[C@@H]1CN2CCC1CC2C(O)c1ccnc2ccc(O)cc12. The van der Waals surface area contributed by atoms with Crippen LogP contribution in [0.15, 0.2) is 43.1 Å². The van der Waals surface area contributed by atoms with Crippen LogP contribution in [0.25, 0.3) is 10.9 Å². The summed E-state index contributed by atoms with van der Waals surface area (Å²) in [7, 11) is 0. The van der Waals surface area contributed by atoms with E-state index in [1.54, 1.807) is 24.4 Å². The second-order valence-corrected chi connectivity index (χ2v) is 6.79. The number of rotatable bonds is 3. The number of piperidine rings is 3. The molecule has 1 aromatic carbocycles. The second kappa shape index (κ2) is 5.62. The Balaban J connectivity index is 1.69. The predicted molar refractivity (Wildman–Crippen MR) is 90.1 cm³/mol. The molecule has 0 amide bonds. The van der Waals surface area contributed by atoms with Gasteiger partial charge in [-0.3, -0.25) is 9.88 Å². The average molecular weight is 310 g/mol. The predicted octanol–water partition coefficient (Wildman–Crippen LogP) is 2.87. The Hall–Kier alpha value is -1.91. The van der Waals surface area contributed by atoms with Crippen LogP contribution in [0.3, 0.4) is 0 Å². The van der Waals surface area contributed by atoms with Crippen LogP contribution >= 0.6 is 0 Å². The lowest BCUT2D eigenvalue weighted by Crippen LogP contribution is -2.54. The van der Waals surface area contributed by atoms with Gasteiger partial charge < -0.3 is 10.2 Å². The lowest BCUT2D eigenvalue weighted by Gasteiger charge is -2.50. The number of fused-ring (bicyclic) bond motifs is 4. The van der Waals surface area contributed by atoms with Gasteiger partial charge in [0.05, 0.1) is 11.6 Å². The van der Waals surface area contributed by atoms with E-state index in [2.05, 4.69) is 22.5 Å². The first-order valence-electron chi connectivity index (χ1n) is 8.29. The van der Waals surface area contributed by atoms with Crippen LogP contribution in [0.2, 0.25) is 0 Å². The monoisotopic (exact) mass is 310 g/mol. The molecule has 4 heterocycles. The van der Waals surface area contributed by atoms with Crippen molar-refractivity contribution in [3.63, 3.8) is 0 Å². The average Bonchev–Trinajstić information content (AvgIpc) is 2.60. The zero-order valence-electron chi connectivity index (χ0n) is 13.1. The molecule has 4 unspecified atom stereocenters. The Kier molecular flexibility index (Phi) is 3.58. The van der Waals surface area contributed by atoms with Crippen molar-refractivity contribution in [3.05, 3.63) is 48.7 Å². The summed E-state index contributed by atoms with van der Waals surface area (Å²) in [5.41, 5.74) is 1.66. The molecule has 0 saturated carbocycles. The molecule has 1 aromatic heterocycles. The van der Waals surface area contributed by atoms with Gasteiger partial charge in [0, 0.05) is 24.2 Å². The molecule has 0 spiro atoms. The quantitative estimate of drug-likeness (QED) is 0.856. The minimum atomic E-state index is -0.559. The van der Waals surface area contributed by atoms with Crippen LogP contribution in [-0.4, -0.2) is 39.2 Å². The van der Waals surface area contributed by atoms with E-state index in [1.165, 1.54) is 6.42 Å². The van der Waals surface area contributed by atoms with Gasteiger partial charge in [-0.2, -0.15) is 0 Å². The van der Waals surface area contributed by atoms with Crippen molar-refractivity contribution in [3.8, 4) is 5.75 Å². The fourth-order valence-corrected chi connectivity index (χ4v) is 4.33. The Labute approximate surface area is 136 Å². The first kappa shape index (κ1) is 14.7. The maximum Gasteiger partial charge on any atom is 0.116 e. The van der Waals surface area contributed by atoms with Crippen molar-refractivity contribution in [2.24, 2.45) is 11.8 Å². The fraction of sp³-hybridized carbons (Fsp3) is 0.421. The number of aliphatic hydroxyl groups excluding tert-OH is 1. The van der Waals surface area contributed by atoms with Gasteiger partial charge in [0.1, 0.15) is 5.75 Å². The summed E-state index contributed by atoms with van der Waals surface area (Å²) in [6.07, 6.45) is 5.44. The van der Waals surface area contributed by atoms with E-state index in [1.807, 2.05) is 6.07 Å². The van der Waals surface area contributed by atoms with E-state index in [9.17, 15) is 10.2 Å². The van der Waals surface area contributed by atoms with Gasteiger partial charge in [0.2, 0.25) is 0 Å². The van der Waals surface area contributed by atoms with Gasteiger partial charge in [0.25, 0.3) is 0 Å². The van der Waals surface area contributed by atoms with Crippen LogP contribution < -0.4 is 0 Å². The smallest absolute Gasteiger partial charge is 0.116 e. The molecule has 4 nitrogen and oxygen atoms in total. The highest BCUT2D eigenvalue weighted by Gasteiger charge is 2.42. The topological polar surface area (TPSA) is 56.6 Å². The maximum absolute atomic E-state index is 11.0. The summed E-state index contributed by atoms with van der Waals surface area (Å²) in [5.74, 6) is 1.38. The molecule has 23 heavy (non-hydrogen) atoms. The van der Waals surface area contributed by atoms with Crippen molar-refractivity contribution in [2.75, 3.05) is 13.1 Å². The highest BCUT2D eigenvalue weighted by Crippen LogP contribution is 2.42. The van der Waals surface area contributed by atoms with Crippen LogP contribution in [0, 0.1) is 11.8 Å². The van der Waals surface area contributed by atoms with Crippen molar-refractivity contribution >= 4 is 10.9 Å². The number of nitrogens with zero attached hydrogens (tertiary/aromatic N) is 2. The Morgan fingerprint density at radius 3 is 2.96 bits per heavy atom. The number of pyridine rings is 1. The van der Waals surface area contributed by atoms with Crippen LogP contribution in [0.4, 0.5) is 0 Å². The molecule has 2 bridgehead atoms. The van der Waals surface area contributed by atoms with Crippen molar-refractivity contribution < 1.29 is 10.2 Å². The van der Waals surface area contributed by atoms with Gasteiger partial charge in [-0.25, -0.2) is 0 Å². The number of phenols is 1. The summed E-state index contributed by atoms with van der Waals surface area (Å²) in [4.78, 5) is 6.73. The zero-order chi connectivity index (χ0) is 16.0. The molecule has 4 heteroatoms. The number of aliphatic hydroxyl groups is 1. The highest BCUT2D eigenvalue weighted by atomic mass is 16.3. The third kappa shape index (κ3) is 2.42. The van der Waals surface area contributed by atoms with E-state index < -0.39 is 6.10 Å². The summed E-state index contributed by atoms with van der Waals surface area (Å²) in [6.45, 7) is 5.99. The van der Waals surface area contributed by atoms with Gasteiger partial charge in [-0.05, 0) is 61.1 Å². The van der Waals surface area contributed by atoms with E-state index in [4.69, 9.17) is 0 Å². The molecule has 120 valence electrons. The van der Waals surface area contributed by atoms with Crippen LogP contribution in [-0.2, 0) is 0 Å². The third-order valence-corrected chi connectivity index (χ3v) is 5.60. The molecule has 2 N–H and O–H groups in total. The Morgan fingerprint density at radius 1 is 1.35 bits per heavy atom. The van der Waals surface area contributed by atoms with E-state index in [-0.39, 0.29) is 11.8 Å². The molecule has 3 saturated heterocycles. The summed E-state index contributed by atoms with van der Waals surface area (Å²) >= 11 is 0. The largest absolute Gasteiger partial charge is 0.508 e. The van der Waals surface area contributed by atoms with Gasteiger partial charge in [0.15, 0.2) is 0 Å². The number of aromatic nitrogens is 1. The number of benzene rings is 1. The Bertz CT molecular complexity index is 745. The first-order valence-corrected chi connectivity index (χ1v) is 8.29. The van der Waals surface area contributed by atoms with Crippen LogP contribution in [0.5, 0.6) is 5.75 Å². The fourth-order valence-electron chi connectivity index (χ4n) is 4.33. The number of hydrogen-bond acceptors (Lipinski definition) is 4. The second-order valence-electron chi connectivity index (χ2n) is 6.79. The molecule has 5 rings (SSSR count). The highest BCUT2D eigenvalue weighted by molar-refractivity contribution is 5.83. The van der Waals surface area contributed by atoms with Gasteiger partial charge in [-0.1, -0.05) is 6.08 Å². The summed E-state index contributed by atoms with van der Waals surface area (Å²) in [6, 6.07) is 7.14. The zero-order valence-corrected chi connectivity index (χ0v) is 13.1. The number of aromatic hydroxyl groups is 1. The van der Waals surface area contributed by atoms with E-state index in [0.717, 1.165) is 36.0 Å². The molecule has 3 aliphatic rings. The molecular weight excluding hydrogens is 288 g/mol. The molecule has 2 aromatic rings. The first-order chi connectivity index (χ1) is 11.2. The minimum absolute atomic E-state index is 0.137. The van der Waals surface area contributed by atoms with Crippen molar-refractivity contribution in [2.45, 2.75) is 25.0 Å². The minimum Gasteiger partial charge on any atom is -0.508 e. The molecule has 5 atom stereocenters. The van der Waals surface area contributed by atoms with Gasteiger partial charge >= 0.3 is 0 Å². The third-order valence-electron chi connectivity index (χ3n) is 5.60. The molecule has 3 fully saturated rings. The summed E-state index contributed by atoms with van der Waals surface area (Å²) in [5, 5.41) is 21.7. The molecule has 0 radical (unpaired) electrons. The molecule has 3 aliphatic heterocycles. The molecule has 0 aliphatic carbocycles. The normalized spacial score (nSPS) is 31.2. The number of phenolic OH excluding ortho intramolecular Hbond substituents is 1. The maximum atomic E-state index is 11.0. The van der Waals surface area contributed by atoms with Gasteiger partial charge in [-0.15, -0.1) is 6.58 Å². The summed E-state index contributed by atoms with van der Waals surface area (Å²) < 4.78 is 0. The van der Waals surface area contributed by atoms with E-state index in [0.29, 0.717) is 11.8 Å². The molecular formula is C19H22N2O2.